The fourth-order valence-electron chi connectivity index (χ4n) is 1.95. The predicted octanol–water partition coefficient (Wildman–Crippen LogP) is 2.57. The molecular weight excluding hydrogens is 290 g/mol. The van der Waals surface area contributed by atoms with E-state index in [1.54, 1.807) is 0 Å². The van der Waals surface area contributed by atoms with Gasteiger partial charge in [-0.1, -0.05) is 6.07 Å². The van der Waals surface area contributed by atoms with Crippen LogP contribution >= 0.6 is 0 Å². The maximum atomic E-state index is 11.6. The number of aldehydes is 1. The third kappa shape index (κ3) is 2.93. The Hall–Kier alpha value is -3.22. The second-order valence-corrected chi connectivity index (χ2v) is 4.41. The van der Waals surface area contributed by atoms with Crippen LogP contribution in [0, 0.1) is 10.1 Å². The van der Waals surface area contributed by atoms with E-state index in [9.17, 15) is 24.8 Å². The molecule has 22 heavy (non-hydrogen) atoms. The second-order valence-electron chi connectivity index (χ2n) is 4.41. The Morgan fingerprint density at radius 1 is 1.23 bits per heavy atom. The van der Waals surface area contributed by atoms with Gasteiger partial charge in [-0.05, 0) is 29.3 Å². The van der Waals surface area contributed by atoms with E-state index in [4.69, 9.17) is 0 Å². The summed E-state index contributed by atoms with van der Waals surface area (Å²) in [5.41, 5.74) is 0.598. The number of nitrogens with zero attached hydrogens (tertiary/aromatic N) is 1. The first-order valence-electron chi connectivity index (χ1n) is 6.12. The van der Waals surface area contributed by atoms with Crippen LogP contribution in [0.1, 0.15) is 20.7 Å². The molecular formula is C15H11NO6. The van der Waals surface area contributed by atoms with Crippen LogP contribution in [0.3, 0.4) is 0 Å². The molecule has 0 aliphatic rings. The molecule has 0 atom stereocenters. The molecule has 0 aromatic heterocycles. The first-order chi connectivity index (χ1) is 10.5. The van der Waals surface area contributed by atoms with Crippen molar-refractivity contribution in [1.82, 2.24) is 0 Å². The van der Waals surface area contributed by atoms with E-state index in [0.717, 1.165) is 6.07 Å². The third-order valence-electron chi connectivity index (χ3n) is 3.04. The van der Waals surface area contributed by atoms with Crippen LogP contribution in [0.5, 0.6) is 5.75 Å². The Morgan fingerprint density at radius 2 is 1.95 bits per heavy atom. The third-order valence-corrected chi connectivity index (χ3v) is 3.04. The van der Waals surface area contributed by atoms with Crippen LogP contribution in [-0.4, -0.2) is 29.4 Å². The van der Waals surface area contributed by atoms with E-state index in [0.29, 0.717) is 17.4 Å². The summed E-state index contributed by atoms with van der Waals surface area (Å²) in [6.45, 7) is 0. The summed E-state index contributed by atoms with van der Waals surface area (Å²) in [6.07, 6.45) is 0.470. The Balaban J connectivity index is 2.63. The fraction of sp³-hybridized carbons (Fsp3) is 0.0667. The zero-order valence-corrected chi connectivity index (χ0v) is 11.5. The highest BCUT2D eigenvalue weighted by atomic mass is 16.6. The smallest absolute Gasteiger partial charge is 0.338 e. The molecule has 7 heteroatoms. The van der Waals surface area contributed by atoms with Crippen molar-refractivity contribution < 1.29 is 24.4 Å². The van der Waals surface area contributed by atoms with E-state index >= 15 is 0 Å². The number of non-ortho nitro benzene ring substituents is 1. The summed E-state index contributed by atoms with van der Waals surface area (Å²) in [5.74, 6) is -0.906. The van der Waals surface area contributed by atoms with Crippen molar-refractivity contribution in [3.8, 4) is 16.9 Å². The topological polar surface area (TPSA) is 107 Å². The Labute approximate surface area is 124 Å². The van der Waals surface area contributed by atoms with Crippen LogP contribution in [0.4, 0.5) is 5.69 Å². The Morgan fingerprint density at radius 3 is 2.55 bits per heavy atom. The molecule has 0 fully saturated rings. The van der Waals surface area contributed by atoms with E-state index in [1.807, 2.05) is 0 Å². The first-order valence-corrected chi connectivity index (χ1v) is 6.12. The molecule has 2 aromatic carbocycles. The van der Waals surface area contributed by atoms with Crippen molar-refractivity contribution in [2.45, 2.75) is 0 Å². The van der Waals surface area contributed by atoms with Gasteiger partial charge in [0.25, 0.3) is 5.69 Å². The quantitative estimate of drug-likeness (QED) is 0.402. The van der Waals surface area contributed by atoms with Gasteiger partial charge in [-0.3, -0.25) is 14.9 Å². The molecule has 0 aliphatic carbocycles. The number of aromatic hydroxyl groups is 1. The van der Waals surface area contributed by atoms with E-state index in [2.05, 4.69) is 4.74 Å². The summed E-state index contributed by atoms with van der Waals surface area (Å²) in [4.78, 5) is 32.8. The number of ether oxygens (including phenoxy) is 1. The molecule has 0 spiro atoms. The van der Waals surface area contributed by atoms with Crippen molar-refractivity contribution in [3.63, 3.8) is 0 Å². The average Bonchev–Trinajstić information content (AvgIpc) is 2.54. The molecule has 7 nitrogen and oxygen atoms in total. The van der Waals surface area contributed by atoms with E-state index < -0.39 is 10.9 Å². The molecule has 0 saturated heterocycles. The molecule has 2 aromatic rings. The summed E-state index contributed by atoms with van der Waals surface area (Å²) in [7, 11) is 1.17. The molecule has 0 heterocycles. The molecule has 0 aliphatic heterocycles. The monoisotopic (exact) mass is 301 g/mol. The van der Waals surface area contributed by atoms with Gasteiger partial charge < -0.3 is 9.84 Å². The number of rotatable bonds is 4. The number of carbonyl (C=O) groups excluding carboxylic acids is 2. The van der Waals surface area contributed by atoms with Crippen LogP contribution in [-0.2, 0) is 4.74 Å². The molecule has 0 bridgehead atoms. The van der Waals surface area contributed by atoms with Crippen molar-refractivity contribution in [2.75, 3.05) is 7.11 Å². The van der Waals surface area contributed by atoms with Crippen molar-refractivity contribution >= 4 is 17.9 Å². The normalized spacial score (nSPS) is 10.0. The highest BCUT2D eigenvalue weighted by Crippen LogP contribution is 2.29. The van der Waals surface area contributed by atoms with Crippen molar-refractivity contribution in [3.05, 3.63) is 57.6 Å². The van der Waals surface area contributed by atoms with Gasteiger partial charge in [0, 0.05) is 12.1 Å². The van der Waals surface area contributed by atoms with Crippen molar-refractivity contribution in [2.24, 2.45) is 0 Å². The van der Waals surface area contributed by atoms with Gasteiger partial charge in [-0.25, -0.2) is 4.79 Å². The standard InChI is InChI=1S/C15H11NO6/c1-22-15(19)11-5-10(6-13(7-11)16(20)21)9-2-3-14(18)12(4-9)8-17/h2-8,18H,1H3. The predicted molar refractivity (Wildman–Crippen MR) is 76.9 cm³/mol. The number of esters is 1. The minimum atomic E-state index is -0.709. The lowest BCUT2D eigenvalue weighted by Crippen LogP contribution is -2.02. The number of methoxy groups -OCH3 is 1. The van der Waals surface area contributed by atoms with E-state index in [1.165, 1.54) is 37.4 Å². The maximum absolute atomic E-state index is 11.6. The lowest BCUT2D eigenvalue weighted by atomic mass is 10.00. The SMILES string of the molecule is COC(=O)c1cc(-c2ccc(O)c(C=O)c2)cc([N+](=O)[O-])c1. The number of nitro benzene ring substituents is 1. The molecule has 112 valence electrons. The summed E-state index contributed by atoms with van der Waals surface area (Å²) in [5, 5.41) is 20.5. The molecule has 2 rings (SSSR count). The van der Waals surface area contributed by atoms with Gasteiger partial charge in [0.1, 0.15) is 5.75 Å². The number of carbonyl (C=O) groups is 2. The number of nitro groups is 1. The fourth-order valence-corrected chi connectivity index (χ4v) is 1.95. The van der Waals surface area contributed by atoms with Gasteiger partial charge in [0.05, 0.1) is 23.2 Å². The van der Waals surface area contributed by atoms with Crippen LogP contribution in [0.15, 0.2) is 36.4 Å². The number of hydrogen-bond acceptors (Lipinski definition) is 6. The summed E-state index contributed by atoms with van der Waals surface area (Å²) < 4.78 is 4.57. The largest absolute Gasteiger partial charge is 0.507 e. The Kier molecular flexibility index (Phi) is 4.17. The minimum absolute atomic E-state index is 0.0208. The summed E-state index contributed by atoms with van der Waals surface area (Å²) >= 11 is 0. The molecule has 1 N–H and O–H groups in total. The molecule has 0 saturated carbocycles. The van der Waals surface area contributed by atoms with Crippen LogP contribution in [0.2, 0.25) is 0 Å². The molecule has 0 amide bonds. The highest BCUT2D eigenvalue weighted by Gasteiger charge is 2.16. The maximum Gasteiger partial charge on any atom is 0.338 e. The number of hydrogen-bond donors (Lipinski definition) is 1. The lowest BCUT2D eigenvalue weighted by molar-refractivity contribution is -0.384. The average molecular weight is 301 g/mol. The Bertz CT molecular complexity index is 769. The van der Waals surface area contributed by atoms with Crippen LogP contribution < -0.4 is 0 Å². The second kappa shape index (κ2) is 6.04. The van der Waals surface area contributed by atoms with Gasteiger partial charge in [0.15, 0.2) is 6.29 Å². The van der Waals surface area contributed by atoms with Gasteiger partial charge in [-0.2, -0.15) is 0 Å². The van der Waals surface area contributed by atoms with Crippen LogP contribution in [0.25, 0.3) is 11.1 Å². The zero-order valence-electron chi connectivity index (χ0n) is 11.5. The minimum Gasteiger partial charge on any atom is -0.507 e. The zero-order chi connectivity index (χ0) is 16.3. The first kappa shape index (κ1) is 15.2. The highest BCUT2D eigenvalue weighted by molar-refractivity contribution is 5.92. The molecule has 0 radical (unpaired) electrons. The lowest BCUT2D eigenvalue weighted by Gasteiger charge is -2.07. The number of phenolic OH excluding ortho intramolecular Hbond substituents is 1. The van der Waals surface area contributed by atoms with Crippen molar-refractivity contribution in [1.29, 1.82) is 0 Å². The molecule has 0 unspecified atom stereocenters. The van der Waals surface area contributed by atoms with Gasteiger partial charge >= 0.3 is 5.97 Å². The van der Waals surface area contributed by atoms with Gasteiger partial charge in [-0.15, -0.1) is 0 Å². The summed E-state index contributed by atoms with van der Waals surface area (Å²) in [6, 6.07) is 7.96. The van der Waals surface area contributed by atoms with E-state index in [-0.39, 0.29) is 22.6 Å². The number of phenols is 1. The number of benzene rings is 2. The van der Waals surface area contributed by atoms with Gasteiger partial charge in [0.2, 0.25) is 0 Å².